The molecule has 0 amide bonds. The molecule has 2 fully saturated rings. The van der Waals surface area contributed by atoms with Crippen molar-refractivity contribution in [2.45, 2.75) is 63.2 Å². The van der Waals surface area contributed by atoms with E-state index in [-0.39, 0.29) is 17.1 Å². The molecule has 0 spiro atoms. The molecule has 1 heteroatoms. The van der Waals surface area contributed by atoms with E-state index < -0.39 is 0 Å². The Kier molecular flexibility index (Phi) is 6.80. The summed E-state index contributed by atoms with van der Waals surface area (Å²) in [5.74, 6) is 1.80. The van der Waals surface area contributed by atoms with E-state index in [4.69, 9.17) is 0 Å². The van der Waals surface area contributed by atoms with Crippen LogP contribution in [0.1, 0.15) is 74.3 Å². The fourth-order valence-electron chi connectivity index (χ4n) is 3.84. The van der Waals surface area contributed by atoms with Crippen LogP contribution in [0.25, 0.3) is 0 Å². The molecule has 4 rings (SSSR count). The van der Waals surface area contributed by atoms with Gasteiger partial charge in [0.1, 0.15) is 0 Å². The van der Waals surface area contributed by atoms with Crippen molar-refractivity contribution in [2.75, 3.05) is 0 Å². The predicted octanol–water partition coefficient (Wildman–Crippen LogP) is 6.12. The van der Waals surface area contributed by atoms with E-state index in [1.165, 1.54) is 51.4 Å². The Balaban J connectivity index is 0.000000147. The molecule has 0 saturated heterocycles. The molecule has 2 aromatic carbocycles. The Labute approximate surface area is 140 Å². The first-order valence-electron chi connectivity index (χ1n) is 8.37. The van der Waals surface area contributed by atoms with E-state index in [1.807, 2.05) is 0 Å². The van der Waals surface area contributed by atoms with Crippen molar-refractivity contribution in [1.29, 1.82) is 0 Å². The Morgan fingerprint density at radius 3 is 1.33 bits per heavy atom. The van der Waals surface area contributed by atoms with Gasteiger partial charge in [0.15, 0.2) is 0 Å². The number of hydrogen-bond acceptors (Lipinski definition) is 0. The van der Waals surface area contributed by atoms with Gasteiger partial charge in [-0.05, 0) is 37.5 Å². The summed E-state index contributed by atoms with van der Waals surface area (Å²) in [6.45, 7) is 0. The van der Waals surface area contributed by atoms with E-state index in [1.54, 1.807) is 11.1 Å². The van der Waals surface area contributed by atoms with E-state index in [9.17, 15) is 0 Å². The first-order chi connectivity index (χ1) is 9.93. The third kappa shape index (κ3) is 4.59. The maximum absolute atomic E-state index is 2.26. The molecular weight excluding hydrogens is 296 g/mol. The van der Waals surface area contributed by atoms with Crippen molar-refractivity contribution in [3.63, 3.8) is 0 Å². The van der Waals surface area contributed by atoms with Crippen LogP contribution in [0.15, 0.2) is 48.5 Å². The molecule has 2 aromatic rings. The number of hydrogen-bond donors (Lipinski definition) is 0. The zero-order chi connectivity index (χ0) is 13.6. The summed E-state index contributed by atoms with van der Waals surface area (Å²) < 4.78 is 0. The second kappa shape index (κ2) is 8.61. The Hall–Kier alpha value is -0.781. The molecule has 0 radical (unpaired) electrons. The monoisotopic (exact) mass is 322 g/mol. The maximum Gasteiger partial charge on any atom is 2.00 e. The average molecular weight is 322 g/mol. The van der Waals surface area contributed by atoms with Gasteiger partial charge in [0.2, 0.25) is 0 Å². The summed E-state index contributed by atoms with van der Waals surface area (Å²) in [5.41, 5.74) is 3.13. The molecule has 0 heterocycles. The van der Waals surface area contributed by atoms with Gasteiger partial charge in [-0.3, -0.25) is 0 Å². The van der Waals surface area contributed by atoms with E-state index in [0.717, 1.165) is 11.8 Å². The summed E-state index contributed by atoms with van der Waals surface area (Å²) in [5, 5.41) is 0. The zero-order valence-corrected chi connectivity index (χ0v) is 13.9. The Morgan fingerprint density at radius 2 is 1.05 bits per heavy atom. The molecule has 0 N–H and O–H groups in total. The molecule has 2 aliphatic rings. The molecule has 0 atom stereocenters. The maximum atomic E-state index is 2.26. The molecular formula is C20H26Fe. The average Bonchev–Trinajstić information content (AvgIpc) is 3.29. The standard InChI is InChI=1S/2C10H13.Fe/c2*1-2-6-9(5-1)10-7-3-4-8-10;/h2*1-2,5-6,10H,3-4,7-8H2;/q2*-1;+2. The van der Waals surface area contributed by atoms with Crippen molar-refractivity contribution in [3.8, 4) is 0 Å². The number of rotatable bonds is 2. The van der Waals surface area contributed by atoms with E-state index in [2.05, 4.69) is 48.5 Å². The van der Waals surface area contributed by atoms with Gasteiger partial charge in [-0.1, -0.05) is 25.7 Å². The second-order valence-electron chi connectivity index (χ2n) is 6.40. The predicted molar refractivity (Wildman–Crippen MR) is 86.5 cm³/mol. The minimum absolute atomic E-state index is 0. The van der Waals surface area contributed by atoms with Gasteiger partial charge >= 0.3 is 17.1 Å². The fourth-order valence-corrected chi connectivity index (χ4v) is 3.84. The molecule has 0 aromatic heterocycles. The summed E-state index contributed by atoms with van der Waals surface area (Å²) in [6, 6.07) is 17.6. The summed E-state index contributed by atoms with van der Waals surface area (Å²) >= 11 is 0. The largest absolute Gasteiger partial charge is 2.00 e. The minimum Gasteiger partial charge on any atom is -0.213 e. The normalized spacial score (nSPS) is 19.0. The quantitative estimate of drug-likeness (QED) is 0.461. The van der Waals surface area contributed by atoms with Crippen molar-refractivity contribution < 1.29 is 17.1 Å². The molecule has 21 heavy (non-hydrogen) atoms. The first-order valence-corrected chi connectivity index (χ1v) is 8.37. The molecule has 0 nitrogen and oxygen atoms in total. The van der Waals surface area contributed by atoms with Crippen LogP contribution in [0.4, 0.5) is 0 Å². The molecule has 0 unspecified atom stereocenters. The molecule has 0 aliphatic heterocycles. The van der Waals surface area contributed by atoms with Crippen molar-refractivity contribution >= 4 is 0 Å². The van der Waals surface area contributed by atoms with Gasteiger partial charge < -0.3 is 0 Å². The van der Waals surface area contributed by atoms with Crippen molar-refractivity contribution in [2.24, 2.45) is 0 Å². The van der Waals surface area contributed by atoms with Crippen LogP contribution in [0.2, 0.25) is 0 Å². The van der Waals surface area contributed by atoms with Gasteiger partial charge in [-0.15, -0.1) is 0 Å². The van der Waals surface area contributed by atoms with Crippen LogP contribution < -0.4 is 0 Å². The minimum atomic E-state index is 0. The van der Waals surface area contributed by atoms with E-state index in [0.29, 0.717) is 0 Å². The van der Waals surface area contributed by atoms with Crippen LogP contribution in [-0.4, -0.2) is 0 Å². The third-order valence-corrected chi connectivity index (χ3v) is 5.03. The third-order valence-electron chi connectivity index (χ3n) is 5.03. The van der Waals surface area contributed by atoms with Gasteiger partial charge in [-0.25, -0.2) is 24.3 Å². The van der Waals surface area contributed by atoms with Crippen LogP contribution in [-0.2, 0) is 17.1 Å². The van der Waals surface area contributed by atoms with Crippen LogP contribution >= 0.6 is 0 Å². The summed E-state index contributed by atoms with van der Waals surface area (Å²) in [4.78, 5) is 0. The van der Waals surface area contributed by atoms with Gasteiger partial charge in [0.05, 0.1) is 0 Å². The van der Waals surface area contributed by atoms with Crippen LogP contribution in [0.3, 0.4) is 0 Å². The molecule has 2 saturated carbocycles. The molecule has 2 aliphatic carbocycles. The van der Waals surface area contributed by atoms with Crippen molar-refractivity contribution in [3.05, 3.63) is 59.7 Å². The van der Waals surface area contributed by atoms with Gasteiger partial charge in [0.25, 0.3) is 0 Å². The molecule has 0 bridgehead atoms. The smallest absolute Gasteiger partial charge is 0.213 e. The van der Waals surface area contributed by atoms with Gasteiger partial charge in [0, 0.05) is 0 Å². The summed E-state index contributed by atoms with van der Waals surface area (Å²) in [6.07, 6.45) is 11.4. The first kappa shape index (κ1) is 16.6. The SMILES string of the molecule is [Fe+2].c1c[cH-]c(C2CCCC2)c1.c1c[cH-]c(C2CCCC2)c1. The van der Waals surface area contributed by atoms with Gasteiger partial charge in [-0.2, -0.15) is 35.4 Å². The second-order valence-corrected chi connectivity index (χ2v) is 6.40. The fraction of sp³-hybridized carbons (Fsp3) is 0.500. The Morgan fingerprint density at radius 1 is 0.667 bits per heavy atom. The molecule has 114 valence electrons. The zero-order valence-electron chi connectivity index (χ0n) is 12.8. The van der Waals surface area contributed by atoms with E-state index >= 15 is 0 Å². The Bertz CT molecular complexity index is 408. The van der Waals surface area contributed by atoms with Crippen LogP contribution in [0.5, 0.6) is 0 Å². The van der Waals surface area contributed by atoms with Crippen LogP contribution in [0, 0.1) is 0 Å². The topological polar surface area (TPSA) is 0 Å². The summed E-state index contributed by atoms with van der Waals surface area (Å²) in [7, 11) is 0. The van der Waals surface area contributed by atoms with Crippen molar-refractivity contribution in [1.82, 2.24) is 0 Å².